The summed E-state index contributed by atoms with van der Waals surface area (Å²) in [5.41, 5.74) is 0. The molecule has 6 fully saturated rings. The molecule has 6 saturated heterocycles. The van der Waals surface area contributed by atoms with Crippen LogP contribution in [0.2, 0.25) is 177 Å². The second-order valence-corrected chi connectivity index (χ2v) is 103. The van der Waals surface area contributed by atoms with Crippen LogP contribution >= 0.6 is 0 Å². The van der Waals surface area contributed by atoms with E-state index in [2.05, 4.69) is 0 Å². The number of aliphatic hydroxyl groups is 4. The fourth-order valence-electron chi connectivity index (χ4n) is 14.8. The molecule has 6 aliphatic rings. The van der Waals surface area contributed by atoms with Crippen LogP contribution in [-0.4, -0.2) is 353 Å². The lowest BCUT2D eigenvalue weighted by Crippen LogP contribution is -2.93. The molecule has 40 nitrogen and oxygen atoms in total. The van der Waals surface area contributed by atoms with Gasteiger partial charge in [0.1, 0.15) is 0 Å². The highest BCUT2D eigenvalue weighted by Gasteiger charge is 2.93. The molecule has 0 radical (unpaired) electrons. The fourth-order valence-corrected chi connectivity index (χ4v) is 107. The van der Waals surface area contributed by atoms with Crippen molar-refractivity contribution in [1.82, 2.24) is 0 Å². The molecule has 0 aromatic rings. The van der Waals surface area contributed by atoms with Crippen molar-refractivity contribution in [3.8, 4) is 0 Å². The zero-order valence-electron chi connectivity index (χ0n) is 82.8. The van der Waals surface area contributed by atoms with E-state index in [1.54, 1.807) is 0 Å². The van der Waals surface area contributed by atoms with Crippen molar-refractivity contribution in [2.24, 2.45) is 0 Å². The predicted molar refractivity (Wildman–Crippen MR) is 518 cm³/mol. The first kappa shape index (κ1) is 121. The molecule has 6 aliphatic heterocycles. The highest BCUT2D eigenvalue weighted by atomic mass is 28.7. The van der Waals surface area contributed by atoms with E-state index in [9.17, 15) is 20.4 Å². The van der Waals surface area contributed by atoms with E-state index in [4.69, 9.17) is 154 Å². The highest BCUT2D eigenvalue weighted by molar-refractivity contribution is 7.05. The minimum atomic E-state index is -5.99. The molecule has 128 heavy (non-hydrogen) atoms. The van der Waals surface area contributed by atoms with Crippen molar-refractivity contribution in [2.45, 2.75) is 286 Å². The first-order chi connectivity index (χ1) is 59.9. The van der Waals surface area contributed by atoms with Gasteiger partial charge in [-0.05, 0) is 262 Å². The van der Waals surface area contributed by atoms with Crippen molar-refractivity contribution in [3.63, 3.8) is 0 Å². The Hall–Kier alpha value is 2.74. The Kier molecular flexibility index (Phi) is 51.6. The van der Waals surface area contributed by atoms with E-state index in [1.807, 2.05) is 188 Å². The molecule has 0 aromatic heterocycles. The predicted octanol–water partition coefficient (Wildman–Crippen LogP) is 11.3. The SMILES string of the molecule is CCO[Si](CC[Si](C)(C)O[Si]12O[Si]3(O[Si](C)(C)CCCOCCO)O[Si]4(O[Si](C)(C)CCCOCCO)O[Si]5(O[Si](C)(C)CCCOCCO)O[Si](O[Si](C)(C)CCCOCCO)(O3)O[Si](O[Si](C)(C)CC[Si](OCC)(OCC)OCC)(O1)O[Si](O[Si](C)(C)CC[Si](OCC)(OCC)OCC)(O5)O[Si](O[Si](C)(C)CC[Si](OCC)(OCC)OCC)(O4)O2)(OCC)OCC. The summed E-state index contributed by atoms with van der Waals surface area (Å²) in [6, 6.07) is 2.98. The van der Waals surface area contributed by atoms with Gasteiger partial charge in [-0.15, -0.1) is 0 Å². The minimum absolute atomic E-state index is 0.0775. The fraction of sp³-hybridized carbons (Fsp3) is 1.00. The van der Waals surface area contributed by atoms with Crippen molar-refractivity contribution < 1.29 is 175 Å². The Balaban J connectivity index is 2.32. The third-order valence-corrected chi connectivity index (χ3v) is 95.8. The van der Waals surface area contributed by atoms with Crippen LogP contribution in [0, 0.1) is 0 Å². The Morgan fingerprint density at radius 1 is 0.172 bits per heavy atom. The van der Waals surface area contributed by atoms with Gasteiger partial charge in [0, 0.05) is 130 Å². The van der Waals surface area contributed by atoms with Gasteiger partial charge in [0.25, 0.3) is 0 Å². The van der Waals surface area contributed by atoms with Crippen molar-refractivity contribution in [3.05, 3.63) is 0 Å². The van der Waals surface area contributed by atoms with E-state index < -0.39 is 174 Å². The van der Waals surface area contributed by atoms with Crippen LogP contribution in [0.1, 0.15) is 109 Å². The van der Waals surface area contributed by atoms with Crippen LogP contribution in [0.4, 0.5) is 0 Å². The molecule has 0 aromatic carbocycles. The van der Waals surface area contributed by atoms with Crippen LogP contribution in [0.5, 0.6) is 0 Å². The molecule has 60 heteroatoms. The van der Waals surface area contributed by atoms with Crippen LogP contribution in [0.15, 0.2) is 0 Å². The van der Waals surface area contributed by atoms with E-state index in [1.165, 1.54) is 0 Å². The number of rotatable bonds is 76. The van der Waals surface area contributed by atoms with Gasteiger partial charge in [-0.2, -0.15) is 0 Å². The largest absolute Gasteiger partial charge is 0.651 e. The standard InChI is InChI=1S/C68H168O40Si20/c1-29-77-117(78-30-2,79-31-3)65-61-113(21,22)93-125-101-121(89-109(13,14)57-41-49-73-53-45-69)97-122(90-110(15,16)58-42-50-74-54-46-70)99-124(92-112(19,20)60-44-52-76-56-48-72)100-123(98-121,91-111(17,18)59-43-51-75-55-47-71)103-127(106-125,95-115(25,26)63-67-119(83-35-7,84-36-8)85-37-9)108-128(104-124,96-116(27,28)64-68-120(86-38-10,87-39-11)88-40-12)107-126(102-122,105-125)94-114(23,24)62-66-118(80-32-4,81-33-5)82-34-6/h69-72H,29-68H2,1-28H3. The summed E-state index contributed by atoms with van der Waals surface area (Å²) in [5, 5.41) is 40.1. The number of hydrogen-bond donors (Lipinski definition) is 4. The average Bonchev–Trinajstić information content (AvgIpc) is 0.676. The zero-order chi connectivity index (χ0) is 95.7. The summed E-state index contributed by atoms with van der Waals surface area (Å²) >= 11 is 0. The highest BCUT2D eigenvalue weighted by Crippen LogP contribution is 2.55. The third kappa shape index (κ3) is 39.5. The molecule has 760 valence electrons. The Morgan fingerprint density at radius 3 is 0.398 bits per heavy atom. The molecule has 6 rings (SSSR count). The summed E-state index contributed by atoms with van der Waals surface area (Å²) in [4.78, 5) is 0. The summed E-state index contributed by atoms with van der Waals surface area (Å²) in [5.74, 6) is 0. The van der Waals surface area contributed by atoms with Crippen molar-refractivity contribution in [1.29, 1.82) is 0 Å². The monoisotopic (exact) mass is 2180 g/mol. The molecule has 4 N–H and O–H groups in total. The van der Waals surface area contributed by atoms with Gasteiger partial charge in [-0.3, -0.25) is 0 Å². The Morgan fingerprint density at radius 2 is 0.289 bits per heavy atom. The van der Waals surface area contributed by atoms with Gasteiger partial charge < -0.3 is 175 Å². The maximum atomic E-state index is 10.0. The Bertz CT molecular complexity index is 2640. The van der Waals surface area contributed by atoms with Gasteiger partial charge in [-0.1, -0.05) is 0 Å². The molecule has 6 heterocycles. The smallest absolute Gasteiger partial charge is 0.395 e. The van der Waals surface area contributed by atoms with E-state index >= 15 is 0 Å². The molecule has 0 unspecified atom stereocenters. The lowest BCUT2D eigenvalue weighted by molar-refractivity contribution is -0.130. The van der Waals surface area contributed by atoms with Crippen LogP contribution in [0.3, 0.4) is 0 Å². The topological polar surface area (TPSA) is 413 Å². The average molecular weight is 2190 g/mol. The van der Waals surface area contributed by atoms with Crippen LogP contribution < -0.4 is 0 Å². The second kappa shape index (κ2) is 54.4. The summed E-state index contributed by atoms with van der Waals surface area (Å²) in [6.07, 6.45) is 1.58. The number of hydrogen-bond acceptors (Lipinski definition) is 40. The summed E-state index contributed by atoms with van der Waals surface area (Å²) in [7, 11) is -91.5. The second-order valence-electron chi connectivity index (χ2n) is 35.8. The first-order valence-corrected chi connectivity index (χ1v) is 92.1. The van der Waals surface area contributed by atoms with E-state index in [-0.39, 0.29) is 207 Å². The maximum absolute atomic E-state index is 10.0. The third-order valence-electron chi connectivity index (χ3n) is 19.9. The summed E-state index contributed by atoms with van der Waals surface area (Å²) in [6.45, 7) is 57.7. The minimum Gasteiger partial charge on any atom is -0.395 e. The molecular formula is C68H168O40Si20. The normalized spacial score (nSPS) is 25.5. The lowest BCUT2D eigenvalue weighted by atomic mass is 10.5. The molecular weight excluding hydrogens is 2020 g/mol. The van der Waals surface area contributed by atoms with Gasteiger partial charge in [0.05, 0.1) is 52.9 Å². The molecule has 0 atom stereocenters. The van der Waals surface area contributed by atoms with Gasteiger partial charge >= 0.3 is 108 Å². The van der Waals surface area contributed by atoms with Crippen LogP contribution in [-0.2, 0) is 154 Å². The van der Waals surface area contributed by atoms with Gasteiger partial charge in [-0.25, -0.2) is 0 Å². The number of ether oxygens (including phenoxy) is 4. The van der Waals surface area contributed by atoms with Crippen molar-refractivity contribution >= 4 is 174 Å². The quantitative estimate of drug-likeness (QED) is 0.0324. The molecule has 0 amide bonds. The molecule has 0 aliphatic carbocycles. The Labute approximate surface area is 787 Å². The van der Waals surface area contributed by atoms with Crippen molar-refractivity contribution in [2.75, 3.05) is 159 Å². The number of aliphatic hydroxyl groups excluding tert-OH is 4. The first-order valence-electron chi connectivity index (χ1n) is 46.4. The lowest BCUT2D eigenvalue weighted by Gasteiger charge is -2.61. The molecule has 8 bridgehead atoms. The van der Waals surface area contributed by atoms with E-state index in [0.717, 1.165) is 0 Å². The summed E-state index contributed by atoms with van der Waals surface area (Å²) < 4.78 is 269. The molecule has 0 spiro atoms. The van der Waals surface area contributed by atoms with E-state index in [0.29, 0.717) is 49.9 Å². The van der Waals surface area contributed by atoms with Crippen LogP contribution in [0.25, 0.3) is 0 Å². The van der Waals surface area contributed by atoms with Gasteiger partial charge in [0.2, 0.25) is 0 Å². The maximum Gasteiger partial charge on any atom is 0.651 e. The zero-order valence-corrected chi connectivity index (χ0v) is 103. The molecule has 0 saturated carbocycles. The van der Waals surface area contributed by atoms with Gasteiger partial charge in [0.15, 0.2) is 66.5 Å².